The predicted molar refractivity (Wildman–Crippen MR) is 75.7 cm³/mol. The summed E-state index contributed by atoms with van der Waals surface area (Å²) in [5.41, 5.74) is 2.47. The second kappa shape index (κ2) is 6.92. The summed E-state index contributed by atoms with van der Waals surface area (Å²) in [5, 5.41) is 3.53. The molecule has 0 fully saturated rings. The van der Waals surface area contributed by atoms with E-state index in [1.165, 1.54) is 11.1 Å². The molecule has 0 amide bonds. The molecule has 0 spiro atoms. The highest BCUT2D eigenvalue weighted by Gasteiger charge is 2.16. The molecular formula is C14H23NOS. The summed E-state index contributed by atoms with van der Waals surface area (Å²) in [6.07, 6.45) is 0.969. The van der Waals surface area contributed by atoms with Gasteiger partial charge in [0.25, 0.3) is 0 Å². The third-order valence-corrected chi connectivity index (χ3v) is 5.08. The van der Waals surface area contributed by atoms with E-state index in [2.05, 4.69) is 50.4 Å². The molecule has 0 bridgehead atoms. The van der Waals surface area contributed by atoms with Gasteiger partial charge in [-0.1, -0.05) is 43.7 Å². The molecule has 0 aliphatic carbocycles. The van der Waals surface area contributed by atoms with Crippen molar-refractivity contribution in [3.63, 3.8) is 0 Å². The van der Waals surface area contributed by atoms with Gasteiger partial charge >= 0.3 is 0 Å². The Hall–Kier alpha value is -0.670. The molecule has 3 unspecified atom stereocenters. The molecule has 0 saturated carbocycles. The van der Waals surface area contributed by atoms with Gasteiger partial charge in [0.2, 0.25) is 0 Å². The van der Waals surface area contributed by atoms with Crippen molar-refractivity contribution in [3.8, 4) is 0 Å². The van der Waals surface area contributed by atoms with Crippen LogP contribution in [0.1, 0.15) is 37.4 Å². The van der Waals surface area contributed by atoms with Gasteiger partial charge in [0, 0.05) is 27.8 Å². The first kappa shape index (κ1) is 14.4. The van der Waals surface area contributed by atoms with E-state index < -0.39 is 10.8 Å². The molecular weight excluding hydrogens is 230 g/mol. The summed E-state index contributed by atoms with van der Waals surface area (Å²) in [5.74, 6) is 0.689. The Morgan fingerprint density at radius 1 is 1.29 bits per heavy atom. The van der Waals surface area contributed by atoms with Crippen molar-refractivity contribution in [3.05, 3.63) is 35.4 Å². The molecule has 0 saturated heterocycles. The van der Waals surface area contributed by atoms with Crippen molar-refractivity contribution in [2.24, 2.45) is 0 Å². The highest BCUT2D eigenvalue weighted by Crippen LogP contribution is 2.16. The third-order valence-electron chi connectivity index (χ3n) is 3.18. The fourth-order valence-corrected chi connectivity index (χ4v) is 3.05. The molecule has 0 aliphatic rings. The first-order valence-corrected chi connectivity index (χ1v) is 7.57. The first-order valence-electron chi connectivity index (χ1n) is 6.19. The zero-order valence-electron chi connectivity index (χ0n) is 11.2. The summed E-state index contributed by atoms with van der Waals surface area (Å²) in [6, 6.07) is 8.62. The van der Waals surface area contributed by atoms with Crippen LogP contribution in [-0.4, -0.2) is 22.3 Å². The normalized spacial score (nSPS) is 16.5. The molecule has 0 heterocycles. The van der Waals surface area contributed by atoms with E-state index >= 15 is 0 Å². The molecule has 2 nitrogen and oxygen atoms in total. The van der Waals surface area contributed by atoms with Crippen LogP contribution in [0.3, 0.4) is 0 Å². The van der Waals surface area contributed by atoms with Crippen LogP contribution >= 0.6 is 0 Å². The Morgan fingerprint density at radius 3 is 2.35 bits per heavy atom. The van der Waals surface area contributed by atoms with Crippen molar-refractivity contribution in [1.82, 2.24) is 5.32 Å². The van der Waals surface area contributed by atoms with Crippen molar-refractivity contribution in [2.45, 2.75) is 38.5 Å². The van der Waals surface area contributed by atoms with E-state index in [1.54, 1.807) is 0 Å². The van der Waals surface area contributed by atoms with E-state index in [0.717, 1.165) is 6.42 Å². The number of rotatable bonds is 6. The van der Waals surface area contributed by atoms with Crippen LogP contribution < -0.4 is 5.32 Å². The Balaban J connectivity index is 2.72. The second-order valence-corrected chi connectivity index (χ2v) is 6.42. The van der Waals surface area contributed by atoms with Crippen molar-refractivity contribution in [2.75, 3.05) is 12.8 Å². The van der Waals surface area contributed by atoms with E-state index in [4.69, 9.17) is 0 Å². The van der Waals surface area contributed by atoms with Gasteiger partial charge in [-0.05, 0) is 26.0 Å². The quantitative estimate of drug-likeness (QED) is 0.844. The van der Waals surface area contributed by atoms with Crippen LogP contribution in [-0.2, 0) is 10.8 Å². The van der Waals surface area contributed by atoms with Gasteiger partial charge < -0.3 is 5.32 Å². The zero-order chi connectivity index (χ0) is 12.8. The van der Waals surface area contributed by atoms with Crippen LogP contribution in [0, 0.1) is 6.92 Å². The monoisotopic (exact) mass is 253 g/mol. The third kappa shape index (κ3) is 4.25. The minimum absolute atomic E-state index is 0.186. The van der Waals surface area contributed by atoms with Gasteiger partial charge in [0.1, 0.15) is 0 Å². The molecule has 1 N–H and O–H groups in total. The van der Waals surface area contributed by atoms with Gasteiger partial charge in [0.05, 0.1) is 0 Å². The molecule has 0 radical (unpaired) electrons. The van der Waals surface area contributed by atoms with Crippen LogP contribution in [0.15, 0.2) is 24.3 Å². The fourth-order valence-electron chi connectivity index (χ4n) is 1.66. The molecule has 3 atom stereocenters. The summed E-state index contributed by atoms with van der Waals surface area (Å²) < 4.78 is 12.1. The van der Waals surface area contributed by atoms with Crippen LogP contribution in [0.25, 0.3) is 0 Å². The largest absolute Gasteiger partial charge is 0.312 e. The highest BCUT2D eigenvalue weighted by molar-refractivity contribution is 7.85. The number of nitrogens with one attached hydrogen (secondary N) is 1. The highest BCUT2D eigenvalue weighted by atomic mass is 32.2. The molecule has 1 aromatic rings. The SMILES string of the molecule is CCC(C)S(=O)CC(NC)c1ccc(C)cc1. The molecule has 96 valence electrons. The topological polar surface area (TPSA) is 29.1 Å². The molecule has 1 aromatic carbocycles. The van der Waals surface area contributed by atoms with Crippen LogP contribution in [0.4, 0.5) is 0 Å². The summed E-state index contributed by atoms with van der Waals surface area (Å²) in [4.78, 5) is 0. The minimum atomic E-state index is -0.763. The maximum absolute atomic E-state index is 12.1. The Bertz CT molecular complexity index is 361. The average molecular weight is 253 g/mol. The van der Waals surface area contributed by atoms with Gasteiger partial charge in [-0.2, -0.15) is 0 Å². The predicted octanol–water partition coefficient (Wildman–Crippen LogP) is 2.80. The van der Waals surface area contributed by atoms with Crippen molar-refractivity contribution >= 4 is 10.8 Å². The van der Waals surface area contributed by atoms with Gasteiger partial charge in [-0.25, -0.2) is 0 Å². The molecule has 3 heteroatoms. The molecule has 17 heavy (non-hydrogen) atoms. The lowest BCUT2D eigenvalue weighted by atomic mass is 10.1. The van der Waals surface area contributed by atoms with Crippen molar-refractivity contribution in [1.29, 1.82) is 0 Å². The second-order valence-electron chi connectivity index (χ2n) is 4.52. The van der Waals surface area contributed by atoms with E-state index in [1.807, 2.05) is 7.05 Å². The molecule has 1 rings (SSSR count). The maximum Gasteiger partial charge on any atom is 0.0434 e. The first-order chi connectivity index (χ1) is 8.08. The summed E-state index contributed by atoms with van der Waals surface area (Å²) in [7, 11) is 1.17. The Morgan fingerprint density at radius 2 is 1.88 bits per heavy atom. The Kier molecular flexibility index (Phi) is 5.86. The van der Waals surface area contributed by atoms with E-state index in [9.17, 15) is 4.21 Å². The van der Waals surface area contributed by atoms with Gasteiger partial charge in [-0.15, -0.1) is 0 Å². The van der Waals surface area contributed by atoms with Crippen molar-refractivity contribution < 1.29 is 4.21 Å². The maximum atomic E-state index is 12.1. The minimum Gasteiger partial charge on any atom is -0.312 e. The number of aryl methyl sites for hydroxylation is 1. The number of hydrogen-bond acceptors (Lipinski definition) is 2. The Labute approximate surface area is 107 Å². The molecule has 0 aromatic heterocycles. The van der Waals surface area contributed by atoms with E-state index in [-0.39, 0.29) is 11.3 Å². The van der Waals surface area contributed by atoms with Crippen LogP contribution in [0.5, 0.6) is 0 Å². The summed E-state index contributed by atoms with van der Waals surface area (Å²) in [6.45, 7) is 6.22. The van der Waals surface area contributed by atoms with Crippen LogP contribution in [0.2, 0.25) is 0 Å². The lowest BCUT2D eigenvalue weighted by Crippen LogP contribution is -2.26. The lowest BCUT2D eigenvalue weighted by Gasteiger charge is -2.18. The standard InChI is InChI=1S/C14H23NOS/c1-5-12(3)17(16)10-14(15-4)13-8-6-11(2)7-9-13/h6-9,12,14-15H,5,10H2,1-4H3. The summed E-state index contributed by atoms with van der Waals surface area (Å²) >= 11 is 0. The van der Waals surface area contributed by atoms with Gasteiger partial charge in [0.15, 0.2) is 0 Å². The zero-order valence-corrected chi connectivity index (χ0v) is 12.0. The molecule has 0 aliphatic heterocycles. The average Bonchev–Trinajstić information content (AvgIpc) is 2.35. The number of hydrogen-bond donors (Lipinski definition) is 1. The number of benzene rings is 1. The smallest absolute Gasteiger partial charge is 0.0434 e. The lowest BCUT2D eigenvalue weighted by molar-refractivity contribution is 0.627. The van der Waals surface area contributed by atoms with E-state index in [0.29, 0.717) is 5.75 Å². The fraction of sp³-hybridized carbons (Fsp3) is 0.571. The van der Waals surface area contributed by atoms with Gasteiger partial charge in [-0.3, -0.25) is 4.21 Å².